The quantitative estimate of drug-likeness (QED) is 0.893. The van der Waals surface area contributed by atoms with Crippen molar-refractivity contribution >= 4 is 5.82 Å². The van der Waals surface area contributed by atoms with Crippen molar-refractivity contribution in [1.29, 1.82) is 0 Å². The average Bonchev–Trinajstić information content (AvgIpc) is 2.47. The number of aryl methyl sites for hydroxylation is 1. The highest BCUT2D eigenvalue weighted by molar-refractivity contribution is 5.69. The highest BCUT2D eigenvalue weighted by Gasteiger charge is 2.09. The molecule has 0 saturated carbocycles. The molecule has 0 bridgehead atoms. The molecule has 0 saturated heterocycles. The Kier molecular flexibility index (Phi) is 4.34. The molecule has 0 aliphatic rings. The molecule has 100 valence electrons. The first-order chi connectivity index (χ1) is 9.28. The number of benzene rings is 1. The van der Waals surface area contributed by atoms with E-state index in [9.17, 15) is 0 Å². The molecule has 0 unspecified atom stereocenters. The molecule has 0 atom stereocenters. The number of hydrogen-bond donors (Lipinski definition) is 1. The normalized spacial score (nSPS) is 10.3. The van der Waals surface area contributed by atoms with Crippen molar-refractivity contribution in [1.82, 2.24) is 9.97 Å². The van der Waals surface area contributed by atoms with E-state index in [1.54, 1.807) is 7.11 Å². The Morgan fingerprint density at radius 1 is 1.16 bits per heavy atom. The van der Waals surface area contributed by atoms with Crippen LogP contribution in [0.2, 0.25) is 0 Å². The van der Waals surface area contributed by atoms with E-state index in [0.717, 1.165) is 41.6 Å². The van der Waals surface area contributed by atoms with Gasteiger partial charge in [0.25, 0.3) is 0 Å². The summed E-state index contributed by atoms with van der Waals surface area (Å²) in [4.78, 5) is 9.04. The van der Waals surface area contributed by atoms with Gasteiger partial charge in [-0.3, -0.25) is 0 Å². The topological polar surface area (TPSA) is 47.0 Å². The predicted octanol–water partition coefficient (Wildman–Crippen LogP) is 3.15. The van der Waals surface area contributed by atoms with E-state index in [4.69, 9.17) is 4.74 Å². The van der Waals surface area contributed by atoms with Crippen LogP contribution in [0.15, 0.2) is 30.3 Å². The van der Waals surface area contributed by atoms with Gasteiger partial charge >= 0.3 is 0 Å². The maximum Gasteiger partial charge on any atom is 0.131 e. The van der Waals surface area contributed by atoms with Crippen LogP contribution in [-0.2, 0) is 6.42 Å². The summed E-state index contributed by atoms with van der Waals surface area (Å²) in [5.41, 5.74) is 1.88. The largest absolute Gasteiger partial charge is 0.496 e. The van der Waals surface area contributed by atoms with E-state index in [1.807, 2.05) is 30.3 Å². The standard InChI is InChI=1S/C15H19N3O/c1-4-14-17-12(10-15(18-14)16-5-2)11-8-6-7-9-13(11)19-3/h6-10H,4-5H2,1-3H3,(H,16,17,18). The summed E-state index contributed by atoms with van der Waals surface area (Å²) < 4.78 is 5.39. The van der Waals surface area contributed by atoms with Crippen LogP contribution in [-0.4, -0.2) is 23.6 Å². The van der Waals surface area contributed by atoms with Crippen LogP contribution < -0.4 is 10.1 Å². The van der Waals surface area contributed by atoms with Crippen LogP contribution in [0.4, 0.5) is 5.82 Å². The zero-order valence-electron chi connectivity index (χ0n) is 11.6. The van der Waals surface area contributed by atoms with Gasteiger partial charge in [-0.1, -0.05) is 19.1 Å². The Balaban J connectivity index is 2.51. The minimum atomic E-state index is 0.807. The van der Waals surface area contributed by atoms with Gasteiger partial charge in [-0.25, -0.2) is 9.97 Å². The van der Waals surface area contributed by atoms with Crippen molar-refractivity contribution in [3.05, 3.63) is 36.2 Å². The average molecular weight is 257 g/mol. The Morgan fingerprint density at radius 3 is 2.63 bits per heavy atom. The minimum Gasteiger partial charge on any atom is -0.496 e. The van der Waals surface area contributed by atoms with Crippen LogP contribution in [0.5, 0.6) is 5.75 Å². The molecule has 1 aromatic carbocycles. The zero-order chi connectivity index (χ0) is 13.7. The van der Waals surface area contributed by atoms with Crippen LogP contribution in [0.25, 0.3) is 11.3 Å². The van der Waals surface area contributed by atoms with Crippen molar-refractivity contribution in [3.8, 4) is 17.0 Å². The summed E-state index contributed by atoms with van der Waals surface area (Å²) in [5, 5.41) is 3.24. The number of aromatic nitrogens is 2. The molecule has 0 aliphatic carbocycles. The third-order valence-electron chi connectivity index (χ3n) is 2.83. The molecular weight excluding hydrogens is 238 g/mol. The molecule has 1 N–H and O–H groups in total. The lowest BCUT2D eigenvalue weighted by Crippen LogP contribution is -2.04. The molecule has 19 heavy (non-hydrogen) atoms. The monoisotopic (exact) mass is 257 g/mol. The maximum absolute atomic E-state index is 5.39. The molecule has 4 nitrogen and oxygen atoms in total. The van der Waals surface area contributed by atoms with Gasteiger partial charge in [-0.05, 0) is 19.1 Å². The third-order valence-corrected chi connectivity index (χ3v) is 2.83. The van der Waals surface area contributed by atoms with E-state index >= 15 is 0 Å². The van der Waals surface area contributed by atoms with Gasteiger partial charge < -0.3 is 10.1 Å². The number of methoxy groups -OCH3 is 1. The number of nitrogens with zero attached hydrogens (tertiary/aromatic N) is 2. The lowest BCUT2D eigenvalue weighted by Gasteiger charge is -2.11. The summed E-state index contributed by atoms with van der Waals surface area (Å²) >= 11 is 0. The fourth-order valence-corrected chi connectivity index (χ4v) is 1.92. The highest BCUT2D eigenvalue weighted by Crippen LogP contribution is 2.29. The van der Waals surface area contributed by atoms with E-state index in [0.29, 0.717) is 0 Å². The smallest absolute Gasteiger partial charge is 0.131 e. The van der Waals surface area contributed by atoms with Crippen molar-refractivity contribution in [2.75, 3.05) is 19.0 Å². The molecular formula is C15H19N3O. The number of hydrogen-bond acceptors (Lipinski definition) is 4. The fraction of sp³-hybridized carbons (Fsp3) is 0.333. The van der Waals surface area contributed by atoms with E-state index in [1.165, 1.54) is 0 Å². The second-order valence-corrected chi connectivity index (χ2v) is 4.14. The first-order valence-electron chi connectivity index (χ1n) is 6.53. The molecule has 0 amide bonds. The Hall–Kier alpha value is -2.10. The first-order valence-corrected chi connectivity index (χ1v) is 6.53. The predicted molar refractivity (Wildman–Crippen MR) is 77.6 cm³/mol. The number of anilines is 1. The molecule has 0 radical (unpaired) electrons. The third kappa shape index (κ3) is 3.02. The molecule has 0 spiro atoms. The summed E-state index contributed by atoms with van der Waals surface area (Å²) in [6.07, 6.45) is 0.807. The molecule has 1 heterocycles. The van der Waals surface area contributed by atoms with E-state index in [2.05, 4.69) is 29.1 Å². The molecule has 2 aromatic rings. The van der Waals surface area contributed by atoms with E-state index < -0.39 is 0 Å². The van der Waals surface area contributed by atoms with Gasteiger partial charge in [0.15, 0.2) is 0 Å². The molecule has 4 heteroatoms. The summed E-state index contributed by atoms with van der Waals surface area (Å²) in [6.45, 7) is 4.94. The summed E-state index contributed by atoms with van der Waals surface area (Å²) in [6, 6.07) is 9.85. The van der Waals surface area contributed by atoms with Gasteiger partial charge in [-0.2, -0.15) is 0 Å². The second-order valence-electron chi connectivity index (χ2n) is 4.14. The lowest BCUT2D eigenvalue weighted by molar-refractivity contribution is 0.416. The van der Waals surface area contributed by atoms with Crippen molar-refractivity contribution in [2.45, 2.75) is 20.3 Å². The molecule has 0 fully saturated rings. The maximum atomic E-state index is 5.39. The van der Waals surface area contributed by atoms with Crippen LogP contribution in [0.3, 0.4) is 0 Å². The van der Waals surface area contributed by atoms with Gasteiger partial charge in [0.2, 0.25) is 0 Å². The Labute approximate surface area is 113 Å². The Bertz CT molecular complexity index is 555. The fourth-order valence-electron chi connectivity index (χ4n) is 1.92. The first kappa shape index (κ1) is 13.3. The molecule has 2 rings (SSSR count). The van der Waals surface area contributed by atoms with Crippen molar-refractivity contribution in [3.63, 3.8) is 0 Å². The van der Waals surface area contributed by atoms with E-state index in [-0.39, 0.29) is 0 Å². The highest BCUT2D eigenvalue weighted by atomic mass is 16.5. The number of nitrogens with one attached hydrogen (secondary N) is 1. The lowest BCUT2D eigenvalue weighted by atomic mass is 10.1. The summed E-state index contributed by atoms with van der Waals surface area (Å²) in [7, 11) is 1.67. The van der Waals surface area contributed by atoms with Crippen LogP contribution >= 0.6 is 0 Å². The SMILES string of the molecule is CCNc1cc(-c2ccccc2OC)nc(CC)n1. The van der Waals surface area contributed by atoms with Crippen molar-refractivity contribution in [2.24, 2.45) is 0 Å². The number of rotatable bonds is 5. The van der Waals surface area contributed by atoms with Crippen LogP contribution in [0.1, 0.15) is 19.7 Å². The number of para-hydroxylation sites is 1. The Morgan fingerprint density at radius 2 is 1.95 bits per heavy atom. The van der Waals surface area contributed by atoms with Crippen LogP contribution in [0, 0.1) is 0 Å². The zero-order valence-corrected chi connectivity index (χ0v) is 11.6. The molecule has 1 aromatic heterocycles. The van der Waals surface area contributed by atoms with Gasteiger partial charge in [0, 0.05) is 24.6 Å². The number of ether oxygens (including phenoxy) is 1. The van der Waals surface area contributed by atoms with Gasteiger partial charge in [-0.15, -0.1) is 0 Å². The second kappa shape index (κ2) is 6.18. The summed E-state index contributed by atoms with van der Waals surface area (Å²) in [5.74, 6) is 2.51. The minimum absolute atomic E-state index is 0.807. The van der Waals surface area contributed by atoms with Crippen molar-refractivity contribution < 1.29 is 4.74 Å². The van der Waals surface area contributed by atoms with Gasteiger partial charge in [0.1, 0.15) is 17.4 Å². The molecule has 0 aliphatic heterocycles. The van der Waals surface area contributed by atoms with Gasteiger partial charge in [0.05, 0.1) is 12.8 Å².